The summed E-state index contributed by atoms with van der Waals surface area (Å²) in [6, 6.07) is 0. The van der Waals surface area contributed by atoms with E-state index in [9.17, 15) is 70.2 Å². The SMILES string of the molecule is FC(F)(F)C1(F)OC2(OC1(F)F)C(F)(F)C(F)(F)C21OC(F)(F)C(F)(C(F)(F)F)O1. The van der Waals surface area contributed by atoms with Crippen molar-refractivity contribution in [1.82, 2.24) is 0 Å². The molecule has 0 aromatic heterocycles. The zero-order chi connectivity index (χ0) is 23.8. The smallest absolute Gasteiger partial charge is 0.288 e. The number of ether oxygens (including phenoxy) is 4. The van der Waals surface area contributed by atoms with Crippen LogP contribution in [0.1, 0.15) is 0 Å². The third kappa shape index (κ3) is 1.97. The lowest BCUT2D eigenvalue weighted by molar-refractivity contribution is -0.597. The summed E-state index contributed by atoms with van der Waals surface area (Å²) in [7, 11) is 0. The molecule has 4 nitrogen and oxygen atoms in total. The molecule has 0 radical (unpaired) electrons. The van der Waals surface area contributed by atoms with E-state index in [1.54, 1.807) is 0 Å². The van der Waals surface area contributed by atoms with Gasteiger partial charge in [-0.2, -0.15) is 70.2 Å². The van der Waals surface area contributed by atoms with Crippen molar-refractivity contribution in [3.05, 3.63) is 0 Å². The summed E-state index contributed by atoms with van der Waals surface area (Å²) in [6.45, 7) is 0. The summed E-state index contributed by atoms with van der Waals surface area (Å²) in [6.07, 6.45) is -27.8. The first-order valence-electron chi connectivity index (χ1n) is 6.66. The maximum atomic E-state index is 13.8. The quantitative estimate of drug-likeness (QED) is 0.475. The number of fused-ring (bicyclic) bond motifs is 1. The van der Waals surface area contributed by atoms with E-state index in [0.717, 1.165) is 0 Å². The molecule has 20 heteroatoms. The minimum atomic E-state index is -7.14. The van der Waals surface area contributed by atoms with Crippen molar-refractivity contribution >= 4 is 0 Å². The van der Waals surface area contributed by atoms with Crippen molar-refractivity contribution in [3.8, 4) is 0 Å². The maximum Gasteiger partial charge on any atom is 0.458 e. The van der Waals surface area contributed by atoms with Gasteiger partial charge in [0.1, 0.15) is 0 Å². The molecule has 4 atom stereocenters. The van der Waals surface area contributed by atoms with E-state index in [1.807, 2.05) is 0 Å². The van der Waals surface area contributed by atoms with Crippen molar-refractivity contribution < 1.29 is 89.2 Å². The van der Waals surface area contributed by atoms with Crippen molar-refractivity contribution in [2.24, 2.45) is 0 Å². The van der Waals surface area contributed by atoms with Crippen LogP contribution in [0.5, 0.6) is 0 Å². The summed E-state index contributed by atoms with van der Waals surface area (Å²) in [4.78, 5) is 0. The second-order valence-electron chi connectivity index (χ2n) is 6.01. The Morgan fingerprint density at radius 2 is 0.633 bits per heavy atom. The van der Waals surface area contributed by atoms with Crippen LogP contribution in [-0.4, -0.2) is 59.7 Å². The van der Waals surface area contributed by atoms with Gasteiger partial charge in [-0.3, -0.25) is 18.9 Å². The lowest BCUT2D eigenvalue weighted by Gasteiger charge is -2.58. The highest BCUT2D eigenvalue weighted by Crippen LogP contribution is 2.78. The Morgan fingerprint density at radius 1 is 0.400 bits per heavy atom. The van der Waals surface area contributed by atoms with Gasteiger partial charge in [-0.25, -0.2) is 0 Å². The molecular formula is C10F16O4. The molecule has 0 amide bonds. The zero-order valence-electron chi connectivity index (χ0n) is 12.7. The highest BCUT2D eigenvalue weighted by atomic mass is 19.4. The number of rotatable bonds is 0. The average Bonchev–Trinajstić information content (AvgIpc) is 2.87. The van der Waals surface area contributed by atoms with Crippen LogP contribution < -0.4 is 0 Å². The lowest BCUT2D eigenvalue weighted by atomic mass is 9.73. The molecule has 2 aliphatic heterocycles. The molecule has 30 heavy (non-hydrogen) atoms. The van der Waals surface area contributed by atoms with E-state index >= 15 is 0 Å². The van der Waals surface area contributed by atoms with E-state index < -0.39 is 59.7 Å². The molecule has 3 fully saturated rings. The van der Waals surface area contributed by atoms with E-state index in [4.69, 9.17) is 0 Å². The van der Waals surface area contributed by atoms with Crippen LogP contribution in [-0.2, 0) is 18.9 Å². The molecule has 0 aromatic carbocycles. The minimum absolute atomic E-state index is 2.50. The van der Waals surface area contributed by atoms with E-state index in [2.05, 4.69) is 18.9 Å². The van der Waals surface area contributed by atoms with Gasteiger partial charge in [-0.05, 0) is 0 Å². The molecule has 0 bridgehead atoms. The monoisotopic (exact) mass is 488 g/mol. The Balaban J connectivity index is 2.27. The fourth-order valence-corrected chi connectivity index (χ4v) is 2.78. The highest BCUT2D eigenvalue weighted by Gasteiger charge is 3.11. The summed E-state index contributed by atoms with van der Waals surface area (Å²) < 4.78 is 222. The van der Waals surface area contributed by atoms with Gasteiger partial charge in [0.25, 0.3) is 0 Å². The van der Waals surface area contributed by atoms with Crippen LogP contribution in [0.4, 0.5) is 70.2 Å². The standard InChI is InChI=1S/C10F16O4/c11-1(12)2(13,14)6(28-4(16,8(20,21)22)10(25,26)30-6)5(1)27-3(15,7(17,18)19)9(23,24)29-5. The maximum absolute atomic E-state index is 13.8. The fraction of sp³-hybridized carbons (Fsp3) is 1.00. The summed E-state index contributed by atoms with van der Waals surface area (Å²) in [5, 5.41) is 0. The zero-order valence-corrected chi connectivity index (χ0v) is 12.7. The Bertz CT molecular complexity index is 711. The molecule has 0 aromatic rings. The molecule has 2 saturated heterocycles. The predicted molar refractivity (Wildman–Crippen MR) is 49.4 cm³/mol. The van der Waals surface area contributed by atoms with Gasteiger partial charge in [-0.1, -0.05) is 0 Å². The summed E-state index contributed by atoms with van der Waals surface area (Å²) in [5.74, 6) is -39.5. The van der Waals surface area contributed by atoms with E-state index in [-0.39, 0.29) is 0 Å². The van der Waals surface area contributed by atoms with Gasteiger partial charge >= 0.3 is 59.7 Å². The molecule has 3 aliphatic rings. The lowest BCUT2D eigenvalue weighted by Crippen LogP contribution is -2.91. The van der Waals surface area contributed by atoms with Crippen molar-refractivity contribution in [2.45, 2.75) is 59.7 Å². The van der Waals surface area contributed by atoms with Gasteiger partial charge in [0.05, 0.1) is 0 Å². The van der Waals surface area contributed by atoms with Crippen LogP contribution in [0, 0.1) is 0 Å². The molecule has 1 aliphatic carbocycles. The molecule has 4 unspecified atom stereocenters. The van der Waals surface area contributed by atoms with Gasteiger partial charge < -0.3 is 0 Å². The molecular weight excluding hydrogens is 488 g/mol. The van der Waals surface area contributed by atoms with E-state index in [1.165, 1.54) is 0 Å². The third-order valence-corrected chi connectivity index (χ3v) is 4.24. The van der Waals surface area contributed by atoms with Crippen molar-refractivity contribution in [3.63, 3.8) is 0 Å². The first-order valence-corrected chi connectivity index (χ1v) is 6.66. The van der Waals surface area contributed by atoms with Crippen LogP contribution in [0.15, 0.2) is 0 Å². The van der Waals surface area contributed by atoms with Gasteiger partial charge in [-0.15, -0.1) is 0 Å². The van der Waals surface area contributed by atoms with Crippen LogP contribution in [0.25, 0.3) is 0 Å². The first kappa shape index (κ1) is 23.4. The predicted octanol–water partition coefficient (Wildman–Crippen LogP) is 4.40. The average molecular weight is 488 g/mol. The topological polar surface area (TPSA) is 36.9 Å². The van der Waals surface area contributed by atoms with Crippen LogP contribution >= 0.6 is 0 Å². The fourth-order valence-electron chi connectivity index (χ4n) is 2.78. The van der Waals surface area contributed by atoms with Gasteiger partial charge in [0.2, 0.25) is 0 Å². The molecule has 176 valence electrons. The highest BCUT2D eigenvalue weighted by molar-refractivity contribution is 5.30. The second kappa shape index (κ2) is 5.03. The number of hydrogen-bond donors (Lipinski definition) is 0. The Labute approximate surface area is 150 Å². The molecule has 2 spiro atoms. The Morgan fingerprint density at radius 3 is 0.800 bits per heavy atom. The number of alkyl halides is 16. The van der Waals surface area contributed by atoms with Crippen LogP contribution in [0.3, 0.4) is 0 Å². The largest absolute Gasteiger partial charge is 0.458 e. The Hall–Kier alpha value is -1.28. The number of hydrogen-bond acceptors (Lipinski definition) is 4. The second-order valence-corrected chi connectivity index (χ2v) is 6.01. The molecule has 0 N–H and O–H groups in total. The normalized spacial score (nSPS) is 46.4. The molecule has 3 rings (SSSR count). The van der Waals surface area contributed by atoms with Crippen molar-refractivity contribution in [2.75, 3.05) is 0 Å². The first-order chi connectivity index (χ1) is 12.8. The van der Waals surface area contributed by atoms with Crippen LogP contribution in [0.2, 0.25) is 0 Å². The Kier molecular flexibility index (Phi) is 3.92. The molecule has 2 heterocycles. The minimum Gasteiger partial charge on any atom is -0.288 e. The van der Waals surface area contributed by atoms with Crippen molar-refractivity contribution in [1.29, 1.82) is 0 Å². The van der Waals surface area contributed by atoms with E-state index in [0.29, 0.717) is 0 Å². The van der Waals surface area contributed by atoms with Gasteiger partial charge in [0, 0.05) is 0 Å². The number of halogens is 16. The molecule has 1 saturated carbocycles. The third-order valence-electron chi connectivity index (χ3n) is 4.24. The summed E-state index contributed by atoms with van der Waals surface area (Å²) >= 11 is 0. The summed E-state index contributed by atoms with van der Waals surface area (Å²) in [5.41, 5.74) is 0. The van der Waals surface area contributed by atoms with Gasteiger partial charge in [0.15, 0.2) is 0 Å².